The second-order valence-corrected chi connectivity index (χ2v) is 16.1. The molecule has 19 nitrogen and oxygen atoms in total. The summed E-state index contributed by atoms with van der Waals surface area (Å²) in [5.41, 5.74) is 3.57. The SMILES string of the molecule is N=c1ccc2c(-c3cc(C(=O)NCCN4C(=O)CCC4=O)ccc3C(=O)O)c3ccc(N)c(S(=O)(=O)NCCCS(=O)(=O)O)c3oc-2c1S(=O)(=O)O. The van der Waals surface area contributed by atoms with Gasteiger partial charge >= 0.3 is 5.97 Å². The number of rotatable bonds is 13. The Kier molecular flexibility index (Phi) is 10.3. The number of aromatic carboxylic acids is 1. The van der Waals surface area contributed by atoms with Gasteiger partial charge in [0.05, 0.1) is 22.4 Å². The largest absolute Gasteiger partial charge is 0.478 e. The van der Waals surface area contributed by atoms with Gasteiger partial charge in [-0.2, -0.15) is 16.8 Å². The van der Waals surface area contributed by atoms with Crippen molar-refractivity contribution in [2.75, 3.05) is 31.1 Å². The standard InChI is InChI=1S/C30H29N5O14S3/c31-20-6-4-17-24(19-14-15(2-3-16(19)30(39)40)29(38)33-11-12-35-22(36)8-9-23(35)37)18-5-7-21(32)28(52(46,47)48)26(18)49-25(17)27(20)51(44,45)34-10-1-13-50(41,42)43/h2-7,14,32,34H,1,8-13,31H2,(H,33,38)(H,39,40)(H,41,42,43)(H,46,47,48). The highest BCUT2D eigenvalue weighted by atomic mass is 32.2. The highest BCUT2D eigenvalue weighted by Gasteiger charge is 2.33. The van der Waals surface area contributed by atoms with Crippen molar-refractivity contribution in [3.8, 4) is 22.5 Å². The van der Waals surface area contributed by atoms with Gasteiger partial charge in [0, 0.05) is 54.6 Å². The van der Waals surface area contributed by atoms with Crippen molar-refractivity contribution in [2.45, 2.75) is 29.1 Å². The van der Waals surface area contributed by atoms with Gasteiger partial charge in [-0.1, -0.05) is 0 Å². The van der Waals surface area contributed by atoms with E-state index >= 15 is 0 Å². The maximum Gasteiger partial charge on any atom is 0.336 e. The number of fused-ring (bicyclic) bond motifs is 2. The van der Waals surface area contributed by atoms with Crippen LogP contribution in [0.25, 0.3) is 33.4 Å². The molecular weight excluding hydrogens is 751 g/mol. The molecule has 2 aromatic carbocycles. The van der Waals surface area contributed by atoms with Gasteiger partial charge in [-0.25, -0.2) is 17.9 Å². The lowest BCUT2D eigenvalue weighted by atomic mass is 9.89. The van der Waals surface area contributed by atoms with Crippen LogP contribution in [0.3, 0.4) is 0 Å². The normalized spacial score (nSPS) is 14.0. The molecule has 3 aliphatic rings. The Balaban J connectivity index is 1.74. The Hall–Kier alpha value is -5.26. The van der Waals surface area contributed by atoms with Crippen molar-refractivity contribution in [3.63, 3.8) is 0 Å². The summed E-state index contributed by atoms with van der Waals surface area (Å²) in [5, 5.41) is 20.0. The monoisotopic (exact) mass is 779 g/mol. The molecule has 52 heavy (non-hydrogen) atoms. The van der Waals surface area contributed by atoms with Crippen LogP contribution in [-0.2, 0) is 39.8 Å². The second kappa shape index (κ2) is 14.0. The lowest BCUT2D eigenvalue weighted by Gasteiger charge is -2.21. The summed E-state index contributed by atoms with van der Waals surface area (Å²) in [6.45, 7) is -0.828. The number of carboxylic acids is 1. The van der Waals surface area contributed by atoms with Gasteiger partial charge in [-0.05, 0) is 54.4 Å². The number of amides is 3. The summed E-state index contributed by atoms with van der Waals surface area (Å²) < 4.78 is 102. The van der Waals surface area contributed by atoms with Crippen molar-refractivity contribution in [1.29, 1.82) is 5.41 Å². The Bertz CT molecular complexity index is 2530. The molecule has 8 N–H and O–H groups in total. The van der Waals surface area contributed by atoms with Gasteiger partial charge in [-0.3, -0.25) is 33.8 Å². The van der Waals surface area contributed by atoms with Crippen molar-refractivity contribution in [1.82, 2.24) is 14.9 Å². The van der Waals surface area contributed by atoms with E-state index in [2.05, 4.69) is 10.0 Å². The van der Waals surface area contributed by atoms with Crippen LogP contribution < -0.4 is 21.1 Å². The zero-order valence-electron chi connectivity index (χ0n) is 26.6. The number of nitrogen functional groups attached to an aromatic ring is 1. The number of imide groups is 1. The molecule has 276 valence electrons. The van der Waals surface area contributed by atoms with Crippen LogP contribution in [0.1, 0.15) is 40.0 Å². The van der Waals surface area contributed by atoms with Gasteiger partial charge in [-0.15, -0.1) is 0 Å². The van der Waals surface area contributed by atoms with Gasteiger partial charge < -0.3 is 20.6 Å². The molecule has 0 aromatic heterocycles. The predicted molar refractivity (Wildman–Crippen MR) is 180 cm³/mol. The van der Waals surface area contributed by atoms with Crippen molar-refractivity contribution >= 4 is 70.6 Å². The minimum Gasteiger partial charge on any atom is -0.478 e. The molecule has 0 bridgehead atoms. The number of nitrogens with zero attached hydrogens (tertiary/aromatic N) is 1. The lowest BCUT2D eigenvalue weighted by molar-refractivity contribution is -0.138. The Morgan fingerprint density at radius 2 is 1.58 bits per heavy atom. The molecule has 0 atom stereocenters. The van der Waals surface area contributed by atoms with Gasteiger partial charge in [0.1, 0.15) is 4.90 Å². The molecule has 2 aromatic rings. The zero-order chi connectivity index (χ0) is 38.3. The number of benzene rings is 3. The van der Waals surface area contributed by atoms with Crippen molar-refractivity contribution in [3.05, 3.63) is 58.9 Å². The molecular formula is C30H29N5O14S3. The summed E-state index contributed by atoms with van der Waals surface area (Å²) in [7, 11) is -14.5. The minimum atomic E-state index is -5.28. The number of nitrogens with one attached hydrogen (secondary N) is 3. The fourth-order valence-corrected chi connectivity index (χ4v) is 8.25. The fourth-order valence-electron chi connectivity index (χ4n) is 5.68. The lowest BCUT2D eigenvalue weighted by Crippen LogP contribution is -2.37. The van der Waals surface area contributed by atoms with Gasteiger partial charge in [0.15, 0.2) is 16.2 Å². The Labute approximate surface area is 294 Å². The average molecular weight is 780 g/mol. The van der Waals surface area contributed by atoms with Crippen LogP contribution in [0, 0.1) is 5.41 Å². The van der Waals surface area contributed by atoms with Crippen LogP contribution in [0.5, 0.6) is 0 Å². The van der Waals surface area contributed by atoms with E-state index in [1.54, 1.807) is 0 Å². The van der Waals surface area contributed by atoms with E-state index in [0.29, 0.717) is 0 Å². The maximum absolute atomic E-state index is 13.6. The molecule has 2 aliphatic heterocycles. The highest BCUT2D eigenvalue weighted by molar-refractivity contribution is 7.90. The summed E-state index contributed by atoms with van der Waals surface area (Å²) in [6, 6.07) is 7.77. The topological polar surface area (TPSA) is 322 Å². The highest BCUT2D eigenvalue weighted by Crippen LogP contribution is 2.45. The average Bonchev–Trinajstić information content (AvgIpc) is 3.36. The van der Waals surface area contributed by atoms with E-state index < -0.39 is 104 Å². The van der Waals surface area contributed by atoms with Gasteiger partial charge in [0.25, 0.3) is 26.1 Å². The third-order valence-electron chi connectivity index (χ3n) is 7.95. The number of carbonyl (C=O) groups is 4. The molecule has 0 spiro atoms. The molecule has 0 saturated carbocycles. The number of nitrogens with two attached hydrogens (primary N) is 1. The first-order chi connectivity index (χ1) is 24.2. The van der Waals surface area contributed by atoms with E-state index in [0.717, 1.165) is 41.3 Å². The first-order valence-electron chi connectivity index (χ1n) is 15.0. The second-order valence-electron chi connectivity index (χ2n) is 11.4. The molecule has 0 unspecified atom stereocenters. The van der Waals surface area contributed by atoms with Crippen LogP contribution >= 0.6 is 0 Å². The molecule has 3 amide bonds. The smallest absolute Gasteiger partial charge is 0.336 e. The molecule has 1 saturated heterocycles. The van der Waals surface area contributed by atoms with Crippen LogP contribution in [0.2, 0.25) is 0 Å². The van der Waals surface area contributed by atoms with Crippen molar-refractivity contribution in [2.24, 2.45) is 0 Å². The predicted octanol–water partition coefficient (Wildman–Crippen LogP) is 0.646. The summed E-state index contributed by atoms with van der Waals surface area (Å²) in [4.78, 5) is 48.8. The third kappa shape index (κ3) is 7.66. The summed E-state index contributed by atoms with van der Waals surface area (Å²) in [5.74, 6) is -4.71. The Morgan fingerprint density at radius 3 is 2.19 bits per heavy atom. The van der Waals surface area contributed by atoms with E-state index in [4.69, 9.17) is 20.1 Å². The van der Waals surface area contributed by atoms with Gasteiger partial charge in [0.2, 0.25) is 21.8 Å². The van der Waals surface area contributed by atoms with E-state index in [9.17, 15) is 54.1 Å². The maximum atomic E-state index is 13.6. The quantitative estimate of drug-likeness (QED) is 0.0322. The van der Waals surface area contributed by atoms with Crippen LogP contribution in [0.4, 0.5) is 5.69 Å². The van der Waals surface area contributed by atoms with E-state index in [1.165, 1.54) is 6.07 Å². The number of hydrogen-bond donors (Lipinski definition) is 7. The molecule has 1 fully saturated rings. The van der Waals surface area contributed by atoms with Crippen molar-refractivity contribution < 1.29 is 63.1 Å². The number of carbonyl (C=O) groups excluding carboxylic acids is 3. The number of hydrogen-bond acceptors (Lipinski definition) is 13. The number of anilines is 1. The third-order valence-corrected chi connectivity index (χ3v) is 11.2. The van der Waals surface area contributed by atoms with E-state index in [1.807, 2.05) is 0 Å². The molecule has 5 rings (SSSR count). The molecule has 0 radical (unpaired) electrons. The van der Waals surface area contributed by atoms with Crippen LogP contribution in [-0.4, -0.2) is 93.4 Å². The molecule has 1 aliphatic carbocycles. The van der Waals surface area contributed by atoms with E-state index in [-0.39, 0.29) is 60.0 Å². The summed E-state index contributed by atoms with van der Waals surface area (Å²) >= 11 is 0. The number of carboxylic acid groups (broad SMARTS) is 1. The summed E-state index contributed by atoms with van der Waals surface area (Å²) in [6.07, 6.45) is -0.305. The minimum absolute atomic E-state index is 0.0395. The molecule has 22 heteroatoms. The number of sulfonamides is 1. The first kappa shape index (κ1) is 38.0. The Morgan fingerprint density at radius 1 is 0.904 bits per heavy atom. The zero-order valence-corrected chi connectivity index (χ0v) is 29.0. The van der Waals surface area contributed by atoms with Crippen LogP contribution in [0.15, 0.2) is 56.7 Å². The number of likely N-dealkylation sites (tertiary alicyclic amines) is 1. The first-order valence-corrected chi connectivity index (χ1v) is 19.5. The molecule has 2 heterocycles. The fraction of sp³-hybridized carbons (Fsp3) is 0.233.